The largest absolute Gasteiger partial charge is 0.357 e. The molecule has 2 rings (SSSR count). The summed E-state index contributed by atoms with van der Waals surface area (Å²) in [5, 5.41) is 15.0. The van der Waals surface area contributed by atoms with Crippen molar-refractivity contribution in [2.75, 3.05) is 6.54 Å². The highest BCUT2D eigenvalue weighted by atomic mass is 19.1. The maximum atomic E-state index is 13.9. The van der Waals surface area contributed by atoms with Crippen molar-refractivity contribution in [2.24, 2.45) is 4.99 Å². The first-order valence-corrected chi connectivity index (χ1v) is 7.33. The fourth-order valence-electron chi connectivity index (χ4n) is 1.93. The Kier molecular flexibility index (Phi) is 6.07. The number of nitrogens with zero attached hydrogens (tertiary/aromatic N) is 3. The van der Waals surface area contributed by atoms with Gasteiger partial charge in [0.2, 0.25) is 0 Å². The summed E-state index contributed by atoms with van der Waals surface area (Å²) < 4.78 is 13.9. The average molecular weight is 311 g/mol. The number of hydrogen-bond donors (Lipinski definition) is 2. The van der Waals surface area contributed by atoms with Gasteiger partial charge >= 0.3 is 0 Å². The van der Waals surface area contributed by atoms with E-state index in [1.807, 2.05) is 31.2 Å². The Morgan fingerprint density at radius 3 is 2.83 bits per heavy atom. The van der Waals surface area contributed by atoms with E-state index in [0.29, 0.717) is 30.2 Å². The number of aliphatic imine (C=N–C) groups is 1. The van der Waals surface area contributed by atoms with Crippen molar-refractivity contribution in [2.45, 2.75) is 20.0 Å². The summed E-state index contributed by atoms with van der Waals surface area (Å²) >= 11 is 0. The number of nitriles is 1. The SMILES string of the molecule is CCNC(=NCc1ccc(C#N)cc1F)NCc1ccccn1. The van der Waals surface area contributed by atoms with Gasteiger partial charge in [0, 0.05) is 18.3 Å². The van der Waals surface area contributed by atoms with Crippen molar-refractivity contribution in [1.29, 1.82) is 5.26 Å². The molecule has 0 amide bonds. The molecule has 1 aromatic carbocycles. The summed E-state index contributed by atoms with van der Waals surface area (Å²) in [6.45, 7) is 3.38. The zero-order valence-corrected chi connectivity index (χ0v) is 12.9. The number of benzene rings is 1. The van der Waals surface area contributed by atoms with Gasteiger partial charge < -0.3 is 10.6 Å². The number of aromatic nitrogens is 1. The lowest BCUT2D eigenvalue weighted by Crippen LogP contribution is -2.37. The van der Waals surface area contributed by atoms with Gasteiger partial charge in [0.25, 0.3) is 0 Å². The van der Waals surface area contributed by atoms with Gasteiger partial charge in [0.15, 0.2) is 5.96 Å². The minimum Gasteiger partial charge on any atom is -0.357 e. The van der Waals surface area contributed by atoms with Gasteiger partial charge in [-0.05, 0) is 31.2 Å². The molecule has 118 valence electrons. The van der Waals surface area contributed by atoms with E-state index in [2.05, 4.69) is 20.6 Å². The average Bonchev–Trinajstić information content (AvgIpc) is 2.59. The first kappa shape index (κ1) is 16.4. The molecule has 6 heteroatoms. The van der Waals surface area contributed by atoms with E-state index >= 15 is 0 Å². The third-order valence-corrected chi connectivity index (χ3v) is 3.10. The Balaban J connectivity index is 2.02. The minimum absolute atomic E-state index is 0.190. The van der Waals surface area contributed by atoms with Crippen LogP contribution >= 0.6 is 0 Å². The monoisotopic (exact) mass is 311 g/mol. The normalized spacial score (nSPS) is 10.9. The van der Waals surface area contributed by atoms with E-state index < -0.39 is 5.82 Å². The van der Waals surface area contributed by atoms with Crippen molar-refractivity contribution < 1.29 is 4.39 Å². The van der Waals surface area contributed by atoms with Crippen LogP contribution in [0.25, 0.3) is 0 Å². The highest BCUT2D eigenvalue weighted by Crippen LogP contribution is 2.11. The van der Waals surface area contributed by atoms with E-state index in [9.17, 15) is 4.39 Å². The quantitative estimate of drug-likeness (QED) is 0.657. The summed E-state index contributed by atoms with van der Waals surface area (Å²) in [5.41, 5.74) is 1.64. The number of rotatable bonds is 5. The van der Waals surface area contributed by atoms with Crippen LogP contribution in [-0.4, -0.2) is 17.5 Å². The minimum atomic E-state index is -0.423. The molecule has 0 aliphatic carbocycles. The van der Waals surface area contributed by atoms with Gasteiger partial charge in [-0.3, -0.25) is 4.98 Å². The molecular formula is C17H18FN5. The molecule has 0 aliphatic heterocycles. The van der Waals surface area contributed by atoms with Crippen molar-refractivity contribution in [3.05, 3.63) is 65.2 Å². The summed E-state index contributed by atoms with van der Waals surface area (Å²) in [6, 6.07) is 12.0. The van der Waals surface area contributed by atoms with Crippen LogP contribution in [0.2, 0.25) is 0 Å². The molecule has 0 spiro atoms. The molecule has 0 fully saturated rings. The molecule has 0 unspecified atom stereocenters. The number of guanidine groups is 1. The number of hydrogen-bond acceptors (Lipinski definition) is 3. The molecule has 0 bridgehead atoms. The van der Waals surface area contributed by atoms with Gasteiger partial charge in [0.1, 0.15) is 5.82 Å². The maximum Gasteiger partial charge on any atom is 0.191 e. The van der Waals surface area contributed by atoms with Crippen molar-refractivity contribution in [3.8, 4) is 6.07 Å². The molecule has 0 aliphatic rings. The van der Waals surface area contributed by atoms with E-state index in [-0.39, 0.29) is 6.54 Å². The topological polar surface area (TPSA) is 73.1 Å². The van der Waals surface area contributed by atoms with Gasteiger partial charge in [-0.15, -0.1) is 0 Å². The second-order valence-corrected chi connectivity index (χ2v) is 4.79. The van der Waals surface area contributed by atoms with Gasteiger partial charge in [-0.1, -0.05) is 12.1 Å². The second kappa shape index (κ2) is 8.49. The summed E-state index contributed by atoms with van der Waals surface area (Å²) in [7, 11) is 0. The number of nitrogens with one attached hydrogen (secondary N) is 2. The van der Waals surface area contributed by atoms with Crippen LogP contribution in [0.3, 0.4) is 0 Å². The third kappa shape index (κ3) is 5.08. The summed E-state index contributed by atoms with van der Waals surface area (Å²) in [4.78, 5) is 8.59. The maximum absolute atomic E-state index is 13.9. The van der Waals surface area contributed by atoms with Crippen LogP contribution in [0.5, 0.6) is 0 Å². The highest BCUT2D eigenvalue weighted by Gasteiger charge is 2.04. The predicted octanol–water partition coefficient (Wildman–Crippen LogP) is 2.35. The van der Waals surface area contributed by atoms with Crippen LogP contribution in [0.4, 0.5) is 4.39 Å². The van der Waals surface area contributed by atoms with Gasteiger partial charge in [-0.2, -0.15) is 5.26 Å². The molecule has 0 radical (unpaired) electrons. The first-order chi connectivity index (χ1) is 11.2. The summed E-state index contributed by atoms with van der Waals surface area (Å²) in [5.74, 6) is 0.162. The van der Waals surface area contributed by atoms with Crippen LogP contribution in [0.15, 0.2) is 47.6 Å². The van der Waals surface area contributed by atoms with E-state index in [1.165, 1.54) is 6.07 Å². The van der Waals surface area contributed by atoms with Crippen LogP contribution in [-0.2, 0) is 13.1 Å². The lowest BCUT2D eigenvalue weighted by atomic mass is 10.1. The Morgan fingerprint density at radius 1 is 1.30 bits per heavy atom. The van der Waals surface area contributed by atoms with E-state index in [1.54, 1.807) is 18.3 Å². The van der Waals surface area contributed by atoms with Crippen molar-refractivity contribution in [3.63, 3.8) is 0 Å². The molecule has 1 aromatic heterocycles. The number of pyridine rings is 1. The molecular weight excluding hydrogens is 293 g/mol. The molecule has 0 saturated carbocycles. The molecule has 0 atom stereocenters. The first-order valence-electron chi connectivity index (χ1n) is 7.33. The highest BCUT2D eigenvalue weighted by molar-refractivity contribution is 5.79. The van der Waals surface area contributed by atoms with Crippen LogP contribution in [0, 0.1) is 17.1 Å². The smallest absolute Gasteiger partial charge is 0.191 e. The number of halogens is 1. The Hall–Kier alpha value is -2.94. The molecule has 1 heterocycles. The molecule has 23 heavy (non-hydrogen) atoms. The zero-order chi connectivity index (χ0) is 16.5. The zero-order valence-electron chi connectivity index (χ0n) is 12.9. The van der Waals surface area contributed by atoms with Gasteiger partial charge in [0.05, 0.1) is 30.4 Å². The lowest BCUT2D eigenvalue weighted by Gasteiger charge is -2.11. The van der Waals surface area contributed by atoms with Crippen molar-refractivity contribution >= 4 is 5.96 Å². The van der Waals surface area contributed by atoms with Gasteiger partial charge in [-0.25, -0.2) is 9.38 Å². The van der Waals surface area contributed by atoms with E-state index in [4.69, 9.17) is 5.26 Å². The van der Waals surface area contributed by atoms with Crippen LogP contribution < -0.4 is 10.6 Å². The molecule has 2 aromatic rings. The summed E-state index contributed by atoms with van der Waals surface area (Å²) in [6.07, 6.45) is 1.73. The third-order valence-electron chi connectivity index (χ3n) is 3.10. The Labute approximate surface area is 134 Å². The van der Waals surface area contributed by atoms with Crippen molar-refractivity contribution in [1.82, 2.24) is 15.6 Å². The molecule has 5 nitrogen and oxygen atoms in total. The van der Waals surface area contributed by atoms with E-state index in [0.717, 1.165) is 5.69 Å². The Morgan fingerprint density at radius 2 is 2.17 bits per heavy atom. The lowest BCUT2D eigenvalue weighted by molar-refractivity contribution is 0.609. The standard InChI is InChI=1S/C17H18FN5/c1-2-20-17(23-12-15-5-3-4-8-21-15)22-11-14-7-6-13(10-19)9-16(14)18/h3-9H,2,11-12H2,1H3,(H2,20,22,23). The fraction of sp³-hybridized carbons (Fsp3) is 0.235. The second-order valence-electron chi connectivity index (χ2n) is 4.79. The Bertz CT molecular complexity index is 707. The molecule has 2 N–H and O–H groups in total. The predicted molar refractivity (Wildman–Crippen MR) is 87.0 cm³/mol. The molecule has 0 saturated heterocycles. The fourth-order valence-corrected chi connectivity index (χ4v) is 1.93. The van der Waals surface area contributed by atoms with Crippen LogP contribution in [0.1, 0.15) is 23.7 Å².